The zero-order valence-corrected chi connectivity index (χ0v) is 11.3. The summed E-state index contributed by atoms with van der Waals surface area (Å²) in [6.07, 6.45) is 7.69. The van der Waals surface area contributed by atoms with E-state index in [2.05, 4.69) is 0 Å². The molecule has 2 rings (SSSR count). The van der Waals surface area contributed by atoms with Gasteiger partial charge in [-0.2, -0.15) is 0 Å². The molecule has 1 aliphatic heterocycles. The minimum absolute atomic E-state index is 0.0266. The molecule has 0 aromatic carbocycles. The van der Waals surface area contributed by atoms with Crippen molar-refractivity contribution < 1.29 is 19.4 Å². The molecule has 108 valence electrons. The number of morpholine rings is 1. The fraction of sp³-hybridized carbons (Fsp3) is 0.857. The van der Waals surface area contributed by atoms with Crippen LogP contribution in [0.1, 0.15) is 44.9 Å². The van der Waals surface area contributed by atoms with Gasteiger partial charge in [0.25, 0.3) is 0 Å². The topological polar surface area (TPSA) is 66.8 Å². The summed E-state index contributed by atoms with van der Waals surface area (Å²) >= 11 is 0. The van der Waals surface area contributed by atoms with E-state index in [1.807, 2.05) is 0 Å². The lowest BCUT2D eigenvalue weighted by molar-refractivity contribution is -0.158. The molecule has 0 unspecified atom stereocenters. The molecule has 19 heavy (non-hydrogen) atoms. The van der Waals surface area contributed by atoms with Gasteiger partial charge in [-0.05, 0) is 12.3 Å². The van der Waals surface area contributed by atoms with Crippen molar-refractivity contribution in [2.45, 2.75) is 51.0 Å². The molecule has 2 aliphatic rings. The number of nitrogens with zero attached hydrogens (tertiary/aromatic N) is 1. The Morgan fingerprint density at radius 3 is 2.63 bits per heavy atom. The number of carboxylic acids is 1. The lowest BCUT2D eigenvalue weighted by atomic mass is 9.86. The average molecular weight is 269 g/mol. The van der Waals surface area contributed by atoms with E-state index in [1.165, 1.54) is 37.0 Å². The Labute approximate surface area is 113 Å². The molecule has 1 atom stereocenters. The van der Waals surface area contributed by atoms with E-state index in [4.69, 9.17) is 9.84 Å². The van der Waals surface area contributed by atoms with Gasteiger partial charge in [-0.1, -0.05) is 32.1 Å². The number of rotatable bonds is 4. The molecule has 1 aliphatic carbocycles. The van der Waals surface area contributed by atoms with Crippen molar-refractivity contribution in [2.75, 3.05) is 19.8 Å². The van der Waals surface area contributed by atoms with Crippen molar-refractivity contribution in [1.29, 1.82) is 0 Å². The van der Waals surface area contributed by atoms with Crippen molar-refractivity contribution in [3.05, 3.63) is 0 Å². The highest BCUT2D eigenvalue weighted by atomic mass is 16.5. The Hall–Kier alpha value is -1.10. The zero-order valence-electron chi connectivity index (χ0n) is 11.3. The number of carboxylic acid groups (broad SMARTS) is 1. The molecular formula is C14H23NO4. The number of carbonyl (C=O) groups excluding carboxylic acids is 1. The molecule has 0 bridgehead atoms. The largest absolute Gasteiger partial charge is 0.480 e. The molecule has 0 aromatic heterocycles. The Kier molecular flexibility index (Phi) is 5.19. The normalized spacial score (nSPS) is 25.3. The van der Waals surface area contributed by atoms with Gasteiger partial charge in [-0.15, -0.1) is 0 Å². The van der Waals surface area contributed by atoms with E-state index in [1.54, 1.807) is 0 Å². The second-order valence-corrected chi connectivity index (χ2v) is 5.56. The smallest absolute Gasteiger partial charge is 0.328 e. The maximum absolute atomic E-state index is 12.2. The van der Waals surface area contributed by atoms with Crippen LogP contribution in [0.3, 0.4) is 0 Å². The summed E-state index contributed by atoms with van der Waals surface area (Å²) in [5, 5.41) is 9.10. The second-order valence-electron chi connectivity index (χ2n) is 5.56. The fourth-order valence-corrected chi connectivity index (χ4v) is 3.05. The van der Waals surface area contributed by atoms with Crippen molar-refractivity contribution in [3.63, 3.8) is 0 Å². The summed E-state index contributed by atoms with van der Waals surface area (Å²) in [6.45, 7) is 0.962. The van der Waals surface area contributed by atoms with E-state index >= 15 is 0 Å². The van der Waals surface area contributed by atoms with Gasteiger partial charge >= 0.3 is 5.97 Å². The number of aliphatic carboxylic acids is 1. The SMILES string of the molecule is O=C(O)[C@H]1COCCN1C(=O)CCC1CCCCC1. The molecule has 1 amide bonds. The first-order valence-electron chi connectivity index (χ1n) is 7.28. The van der Waals surface area contributed by atoms with Crippen LogP contribution in [-0.2, 0) is 14.3 Å². The van der Waals surface area contributed by atoms with Gasteiger partial charge in [-0.25, -0.2) is 4.79 Å². The van der Waals surface area contributed by atoms with Crippen LogP contribution in [0.2, 0.25) is 0 Å². The second kappa shape index (κ2) is 6.89. The summed E-state index contributed by atoms with van der Waals surface area (Å²) in [6, 6.07) is -0.799. The molecule has 1 saturated carbocycles. The summed E-state index contributed by atoms with van der Waals surface area (Å²) < 4.78 is 5.14. The van der Waals surface area contributed by atoms with Gasteiger partial charge in [0.2, 0.25) is 5.91 Å². The van der Waals surface area contributed by atoms with Crippen molar-refractivity contribution in [1.82, 2.24) is 4.90 Å². The van der Waals surface area contributed by atoms with E-state index in [0.717, 1.165) is 6.42 Å². The Bertz CT molecular complexity index is 325. The minimum Gasteiger partial charge on any atom is -0.480 e. The molecule has 2 fully saturated rings. The van der Waals surface area contributed by atoms with Gasteiger partial charge < -0.3 is 14.7 Å². The van der Waals surface area contributed by atoms with Crippen molar-refractivity contribution in [3.8, 4) is 0 Å². The summed E-state index contributed by atoms with van der Waals surface area (Å²) in [7, 11) is 0. The quantitative estimate of drug-likeness (QED) is 0.843. The Morgan fingerprint density at radius 1 is 1.21 bits per heavy atom. The third-order valence-electron chi connectivity index (χ3n) is 4.23. The number of hydrogen-bond acceptors (Lipinski definition) is 3. The van der Waals surface area contributed by atoms with Crippen LogP contribution in [-0.4, -0.2) is 47.7 Å². The summed E-state index contributed by atoms with van der Waals surface area (Å²) in [5.74, 6) is -0.339. The van der Waals surface area contributed by atoms with E-state index in [0.29, 0.717) is 25.5 Å². The predicted molar refractivity (Wildman–Crippen MR) is 69.8 cm³/mol. The third kappa shape index (κ3) is 3.93. The van der Waals surface area contributed by atoms with Crippen LogP contribution in [0.5, 0.6) is 0 Å². The third-order valence-corrected chi connectivity index (χ3v) is 4.23. The first-order valence-corrected chi connectivity index (χ1v) is 7.28. The molecule has 0 radical (unpaired) electrons. The van der Waals surface area contributed by atoms with E-state index in [-0.39, 0.29) is 12.5 Å². The van der Waals surface area contributed by atoms with Gasteiger partial charge in [0.05, 0.1) is 13.2 Å². The van der Waals surface area contributed by atoms with Crippen LogP contribution in [0.15, 0.2) is 0 Å². The van der Waals surface area contributed by atoms with Gasteiger partial charge in [0.15, 0.2) is 6.04 Å². The minimum atomic E-state index is -0.967. The summed E-state index contributed by atoms with van der Waals surface area (Å²) in [4.78, 5) is 24.7. The van der Waals surface area contributed by atoms with Crippen molar-refractivity contribution in [2.24, 2.45) is 5.92 Å². The number of amides is 1. The highest BCUT2D eigenvalue weighted by Crippen LogP contribution is 2.27. The molecule has 5 nitrogen and oxygen atoms in total. The Morgan fingerprint density at radius 2 is 1.95 bits per heavy atom. The Balaban J connectivity index is 1.81. The van der Waals surface area contributed by atoms with Crippen LogP contribution in [0.4, 0.5) is 0 Å². The van der Waals surface area contributed by atoms with Crippen LogP contribution < -0.4 is 0 Å². The molecule has 0 aromatic rings. The lowest BCUT2D eigenvalue weighted by Crippen LogP contribution is -2.52. The van der Waals surface area contributed by atoms with Gasteiger partial charge in [0.1, 0.15) is 0 Å². The molecule has 5 heteroatoms. The number of carbonyl (C=O) groups is 2. The van der Waals surface area contributed by atoms with E-state index < -0.39 is 12.0 Å². The van der Waals surface area contributed by atoms with Crippen LogP contribution >= 0.6 is 0 Å². The standard InChI is InChI=1S/C14H23NO4/c16-13(7-6-11-4-2-1-3-5-11)15-8-9-19-10-12(15)14(17)18/h11-12H,1-10H2,(H,17,18)/t12-/m1/s1. The molecule has 1 N–H and O–H groups in total. The van der Waals surface area contributed by atoms with Crippen LogP contribution in [0.25, 0.3) is 0 Å². The molecule has 0 spiro atoms. The molecular weight excluding hydrogens is 246 g/mol. The van der Waals surface area contributed by atoms with Crippen molar-refractivity contribution >= 4 is 11.9 Å². The van der Waals surface area contributed by atoms with E-state index in [9.17, 15) is 9.59 Å². The fourth-order valence-electron chi connectivity index (χ4n) is 3.05. The lowest BCUT2D eigenvalue weighted by Gasteiger charge is -2.33. The monoisotopic (exact) mass is 269 g/mol. The first kappa shape index (κ1) is 14.3. The maximum Gasteiger partial charge on any atom is 0.328 e. The highest BCUT2D eigenvalue weighted by Gasteiger charge is 2.32. The highest BCUT2D eigenvalue weighted by molar-refractivity contribution is 5.84. The zero-order chi connectivity index (χ0) is 13.7. The average Bonchev–Trinajstić information content (AvgIpc) is 2.46. The maximum atomic E-state index is 12.2. The number of ether oxygens (including phenoxy) is 1. The predicted octanol–water partition coefficient (Wildman–Crippen LogP) is 1.66. The van der Waals surface area contributed by atoms with Crippen LogP contribution in [0, 0.1) is 5.92 Å². The van der Waals surface area contributed by atoms with Gasteiger partial charge in [-0.3, -0.25) is 4.79 Å². The molecule has 1 saturated heterocycles. The summed E-state index contributed by atoms with van der Waals surface area (Å²) in [5.41, 5.74) is 0. The first-order chi connectivity index (χ1) is 9.18. The molecule has 1 heterocycles. The number of hydrogen-bond donors (Lipinski definition) is 1. The van der Waals surface area contributed by atoms with Gasteiger partial charge in [0, 0.05) is 13.0 Å².